The summed E-state index contributed by atoms with van der Waals surface area (Å²) in [5.41, 5.74) is -1.16. The number of rotatable bonds is 7. The molecule has 9 heteroatoms. The van der Waals surface area contributed by atoms with Crippen molar-refractivity contribution in [3.05, 3.63) is 36.4 Å². The molecule has 31 heavy (non-hydrogen) atoms. The van der Waals surface area contributed by atoms with Crippen LogP contribution in [0.4, 0.5) is 5.69 Å². The van der Waals surface area contributed by atoms with E-state index in [9.17, 15) is 19.2 Å². The lowest BCUT2D eigenvalue weighted by atomic mass is 9.76. The largest absolute Gasteiger partial charge is 0.494 e. The minimum absolute atomic E-state index is 0.402. The molecule has 3 aliphatic heterocycles. The third-order valence-corrected chi connectivity index (χ3v) is 5.56. The van der Waals surface area contributed by atoms with E-state index in [-0.39, 0.29) is 0 Å². The zero-order valence-electron chi connectivity index (χ0n) is 17.4. The van der Waals surface area contributed by atoms with Crippen molar-refractivity contribution in [2.24, 2.45) is 11.8 Å². The maximum absolute atomic E-state index is 13.4. The third-order valence-electron chi connectivity index (χ3n) is 5.56. The van der Waals surface area contributed by atoms with Crippen molar-refractivity contribution in [2.75, 3.05) is 11.5 Å². The van der Waals surface area contributed by atoms with Gasteiger partial charge in [0.25, 0.3) is 6.29 Å². The van der Waals surface area contributed by atoms with E-state index >= 15 is 0 Å². The molecule has 2 saturated heterocycles. The Morgan fingerprint density at radius 2 is 1.74 bits per heavy atom. The molecule has 1 aromatic rings. The molecule has 0 unspecified atom stereocenters. The minimum Gasteiger partial charge on any atom is -0.494 e. The van der Waals surface area contributed by atoms with Crippen LogP contribution in [0.25, 0.3) is 0 Å². The second-order valence-corrected chi connectivity index (χ2v) is 7.70. The lowest BCUT2D eigenvalue weighted by Gasteiger charge is -2.34. The van der Waals surface area contributed by atoms with Gasteiger partial charge in [-0.2, -0.15) is 0 Å². The van der Waals surface area contributed by atoms with Gasteiger partial charge in [0, 0.05) is 13.8 Å². The Bertz CT molecular complexity index is 939. The molecule has 9 nitrogen and oxygen atoms in total. The first kappa shape index (κ1) is 21.0. The smallest absolute Gasteiger partial charge is 0.305 e. The van der Waals surface area contributed by atoms with Crippen LogP contribution in [0.15, 0.2) is 36.4 Å². The molecule has 164 valence electrons. The normalized spacial score (nSPS) is 28.3. The fraction of sp³-hybridized carbons (Fsp3) is 0.455. The van der Waals surface area contributed by atoms with Crippen LogP contribution < -0.4 is 9.64 Å². The highest BCUT2D eigenvalue weighted by Gasteiger charge is 2.72. The zero-order valence-corrected chi connectivity index (χ0v) is 17.4. The summed E-state index contributed by atoms with van der Waals surface area (Å²) in [5, 5.41) is 0. The summed E-state index contributed by atoms with van der Waals surface area (Å²) in [6.07, 6.45) is 1.87. The molecule has 2 amide bonds. The van der Waals surface area contributed by atoms with Crippen LogP contribution in [-0.2, 0) is 33.4 Å². The molecule has 4 atom stereocenters. The molecular weight excluding hydrogens is 406 g/mol. The summed E-state index contributed by atoms with van der Waals surface area (Å²) in [5.74, 6) is -3.50. The Morgan fingerprint density at radius 1 is 1.10 bits per heavy atom. The Labute approximate surface area is 178 Å². The summed E-state index contributed by atoms with van der Waals surface area (Å²) in [6.45, 7) is 4.87. The first-order valence-corrected chi connectivity index (χ1v) is 10.1. The number of imide groups is 1. The lowest BCUT2D eigenvalue weighted by molar-refractivity contribution is -0.226. The molecule has 3 heterocycles. The number of anilines is 1. The van der Waals surface area contributed by atoms with Crippen LogP contribution in [-0.4, -0.2) is 48.4 Å². The van der Waals surface area contributed by atoms with Gasteiger partial charge in [0.2, 0.25) is 11.8 Å². The predicted molar refractivity (Wildman–Crippen MR) is 106 cm³/mol. The van der Waals surface area contributed by atoms with E-state index in [0.29, 0.717) is 18.0 Å². The Hall–Kier alpha value is -3.20. The van der Waals surface area contributed by atoms with Crippen molar-refractivity contribution in [1.82, 2.24) is 0 Å². The molecule has 0 aromatic heterocycles. The summed E-state index contributed by atoms with van der Waals surface area (Å²) < 4.78 is 21.9. The molecular formula is C22H23NO8. The molecule has 0 saturated carbocycles. The second kappa shape index (κ2) is 7.81. The minimum atomic E-state index is -1.56. The third kappa shape index (κ3) is 3.38. The van der Waals surface area contributed by atoms with E-state index in [2.05, 4.69) is 0 Å². The van der Waals surface area contributed by atoms with Gasteiger partial charge < -0.3 is 18.9 Å². The number of fused-ring (bicyclic) bond motifs is 5. The molecule has 0 spiro atoms. The summed E-state index contributed by atoms with van der Waals surface area (Å²) in [7, 11) is 0. The molecule has 1 aromatic carbocycles. The monoisotopic (exact) mass is 429 g/mol. The van der Waals surface area contributed by atoms with Crippen molar-refractivity contribution in [3.8, 4) is 5.75 Å². The maximum Gasteiger partial charge on any atom is 0.305 e. The first-order chi connectivity index (χ1) is 14.8. The number of ether oxygens (including phenoxy) is 4. The van der Waals surface area contributed by atoms with Crippen molar-refractivity contribution >= 4 is 29.4 Å². The van der Waals surface area contributed by atoms with Crippen LogP contribution in [0.5, 0.6) is 5.75 Å². The number of carbonyl (C=O) groups excluding carboxylic acids is 4. The molecule has 2 fully saturated rings. The van der Waals surface area contributed by atoms with Gasteiger partial charge >= 0.3 is 11.9 Å². The zero-order chi connectivity index (χ0) is 22.3. The van der Waals surface area contributed by atoms with Crippen LogP contribution >= 0.6 is 0 Å². The van der Waals surface area contributed by atoms with E-state index in [4.69, 9.17) is 18.9 Å². The number of carbonyl (C=O) groups is 4. The van der Waals surface area contributed by atoms with Gasteiger partial charge in [-0.15, -0.1) is 0 Å². The van der Waals surface area contributed by atoms with Gasteiger partial charge in [-0.25, -0.2) is 4.90 Å². The highest BCUT2D eigenvalue weighted by atomic mass is 16.7. The van der Waals surface area contributed by atoms with Gasteiger partial charge in [0.05, 0.1) is 30.2 Å². The fourth-order valence-corrected chi connectivity index (χ4v) is 4.38. The second-order valence-electron chi connectivity index (χ2n) is 7.70. The van der Waals surface area contributed by atoms with Crippen LogP contribution in [0.3, 0.4) is 0 Å². The SMILES string of the molecule is CCCOc1ccc(N2C(=O)[C@H]3[C@@H](C2=O)[C@]2(C(OC(C)=O)OC(C)=O)C=C[C@H]3O2)cc1. The van der Waals surface area contributed by atoms with Gasteiger partial charge in [0.15, 0.2) is 5.60 Å². The molecule has 0 aliphatic carbocycles. The van der Waals surface area contributed by atoms with Crippen molar-refractivity contribution < 1.29 is 38.1 Å². The number of benzene rings is 1. The van der Waals surface area contributed by atoms with Gasteiger partial charge in [-0.1, -0.05) is 13.0 Å². The van der Waals surface area contributed by atoms with E-state index in [1.54, 1.807) is 36.4 Å². The molecule has 0 N–H and O–H groups in total. The maximum atomic E-state index is 13.4. The number of nitrogens with zero attached hydrogens (tertiary/aromatic N) is 1. The highest BCUT2D eigenvalue weighted by Crippen LogP contribution is 2.54. The summed E-state index contributed by atoms with van der Waals surface area (Å²) >= 11 is 0. The number of hydrogen-bond donors (Lipinski definition) is 0. The summed E-state index contributed by atoms with van der Waals surface area (Å²) in [4.78, 5) is 51.0. The van der Waals surface area contributed by atoms with E-state index < -0.39 is 53.6 Å². The highest BCUT2D eigenvalue weighted by molar-refractivity contribution is 6.23. The van der Waals surface area contributed by atoms with Gasteiger partial charge in [-0.05, 0) is 36.8 Å². The van der Waals surface area contributed by atoms with E-state index in [1.165, 1.54) is 0 Å². The average Bonchev–Trinajstić information content (AvgIpc) is 3.37. The van der Waals surface area contributed by atoms with E-state index in [1.807, 2.05) is 6.92 Å². The fourth-order valence-electron chi connectivity index (χ4n) is 4.38. The molecule has 2 bridgehead atoms. The predicted octanol–water partition coefficient (Wildman–Crippen LogP) is 1.74. The first-order valence-electron chi connectivity index (χ1n) is 10.1. The summed E-state index contributed by atoms with van der Waals surface area (Å²) in [6, 6.07) is 6.67. The van der Waals surface area contributed by atoms with Crippen LogP contribution in [0.2, 0.25) is 0 Å². The average molecular weight is 429 g/mol. The Balaban J connectivity index is 1.65. The standard InChI is InChI=1S/C22H23NO8/c1-4-11-28-15-7-5-14(6-8-15)23-19(26)17-16-9-10-22(31-16,18(17)20(23)27)21(29-12(2)24)30-13(3)25/h5-10,16-18,21H,4,11H2,1-3H3/t16-,17-,18+,22+/m1/s1. The quantitative estimate of drug-likeness (QED) is 0.279. The molecule has 3 aliphatic rings. The van der Waals surface area contributed by atoms with Gasteiger partial charge in [0.1, 0.15) is 5.75 Å². The number of amides is 2. The molecule has 0 radical (unpaired) electrons. The topological polar surface area (TPSA) is 108 Å². The lowest BCUT2D eigenvalue weighted by Crippen LogP contribution is -2.52. The number of esters is 2. The van der Waals surface area contributed by atoms with Crippen molar-refractivity contribution in [2.45, 2.75) is 45.2 Å². The molecule has 4 rings (SSSR count). The van der Waals surface area contributed by atoms with Crippen molar-refractivity contribution in [1.29, 1.82) is 0 Å². The van der Waals surface area contributed by atoms with E-state index in [0.717, 1.165) is 25.2 Å². The Morgan fingerprint density at radius 3 is 2.32 bits per heavy atom. The van der Waals surface area contributed by atoms with Crippen LogP contribution in [0, 0.1) is 11.8 Å². The van der Waals surface area contributed by atoms with Crippen molar-refractivity contribution in [3.63, 3.8) is 0 Å². The Kier molecular flexibility index (Phi) is 5.30. The number of hydrogen-bond acceptors (Lipinski definition) is 8. The van der Waals surface area contributed by atoms with Gasteiger partial charge in [-0.3, -0.25) is 19.2 Å². The van der Waals surface area contributed by atoms with Crippen LogP contribution in [0.1, 0.15) is 27.2 Å².